The third kappa shape index (κ3) is 3.03. The fraction of sp³-hybridized carbons (Fsp3) is 0.0769. The Morgan fingerprint density at radius 3 is 1.61 bits per heavy atom. The van der Waals surface area contributed by atoms with Crippen molar-refractivity contribution in [2.75, 3.05) is 0 Å². The number of hydrogen-bond acceptors (Lipinski definition) is 2. The van der Waals surface area contributed by atoms with Gasteiger partial charge in [0.2, 0.25) is 0 Å². The van der Waals surface area contributed by atoms with Crippen LogP contribution in [0.15, 0.2) is 109 Å². The molecule has 0 heterocycles. The van der Waals surface area contributed by atoms with Crippen molar-refractivity contribution in [1.82, 2.24) is 0 Å². The van der Waals surface area contributed by atoms with Gasteiger partial charge in [0.15, 0.2) is 11.6 Å². The molecule has 2 nitrogen and oxygen atoms in total. The maximum atomic E-state index is 13.8. The zero-order valence-corrected chi connectivity index (χ0v) is 15.4. The highest BCUT2D eigenvalue weighted by Crippen LogP contribution is 2.46. The van der Waals surface area contributed by atoms with Gasteiger partial charge in [-0.15, -0.1) is 0 Å². The van der Waals surface area contributed by atoms with Crippen molar-refractivity contribution in [2.45, 2.75) is 6.42 Å². The summed E-state index contributed by atoms with van der Waals surface area (Å²) in [6.45, 7) is 0. The van der Waals surface area contributed by atoms with Gasteiger partial charge in [0.05, 0.1) is 0 Å². The third-order valence-electron chi connectivity index (χ3n) is 5.21. The van der Waals surface area contributed by atoms with Crippen LogP contribution in [0.4, 0.5) is 0 Å². The predicted molar refractivity (Wildman–Crippen MR) is 112 cm³/mol. The summed E-state index contributed by atoms with van der Waals surface area (Å²) in [6, 6.07) is 27.9. The molecule has 2 heteroatoms. The first kappa shape index (κ1) is 17.9. The summed E-state index contributed by atoms with van der Waals surface area (Å²) in [5.74, 6) is -0.331. The van der Waals surface area contributed by atoms with Crippen LogP contribution in [0.3, 0.4) is 0 Å². The Morgan fingerprint density at radius 1 is 0.643 bits per heavy atom. The van der Waals surface area contributed by atoms with E-state index in [0.717, 1.165) is 11.1 Å². The van der Waals surface area contributed by atoms with Crippen molar-refractivity contribution in [3.05, 3.63) is 126 Å². The molecule has 28 heavy (non-hydrogen) atoms. The Balaban J connectivity index is 1.94. The molecule has 0 saturated heterocycles. The van der Waals surface area contributed by atoms with E-state index in [-0.39, 0.29) is 11.6 Å². The first-order valence-corrected chi connectivity index (χ1v) is 9.36. The van der Waals surface area contributed by atoms with Gasteiger partial charge >= 0.3 is 0 Å². The number of hydrogen-bond donors (Lipinski definition) is 0. The molecule has 0 aliphatic heterocycles. The lowest BCUT2D eigenvalue weighted by Crippen LogP contribution is -2.41. The summed E-state index contributed by atoms with van der Waals surface area (Å²) >= 11 is 0. The molecule has 0 radical (unpaired) electrons. The highest BCUT2D eigenvalue weighted by Gasteiger charge is 2.49. The van der Waals surface area contributed by atoms with E-state index in [1.54, 1.807) is 24.3 Å². The summed E-state index contributed by atoms with van der Waals surface area (Å²) in [5, 5.41) is 0. The number of rotatable bonds is 5. The summed E-state index contributed by atoms with van der Waals surface area (Å²) in [6.07, 6.45) is 6.08. The highest BCUT2D eigenvalue weighted by molar-refractivity contribution is 6.27. The van der Waals surface area contributed by atoms with Gasteiger partial charge in [0, 0.05) is 11.1 Å². The van der Waals surface area contributed by atoms with Crippen LogP contribution in [0, 0.1) is 5.41 Å². The molecule has 3 aromatic rings. The molecule has 0 N–H and O–H groups in total. The number of Topliss-reactive ketones (excluding diaryl/α,β-unsaturated/α-hetero) is 2. The maximum absolute atomic E-state index is 13.8. The third-order valence-corrected chi connectivity index (χ3v) is 5.21. The van der Waals surface area contributed by atoms with Crippen molar-refractivity contribution in [3.63, 3.8) is 0 Å². The second kappa shape index (κ2) is 7.61. The van der Waals surface area contributed by atoms with Crippen molar-refractivity contribution in [2.24, 2.45) is 5.41 Å². The molecule has 0 fully saturated rings. The van der Waals surface area contributed by atoms with Gasteiger partial charge in [-0.25, -0.2) is 0 Å². The fourth-order valence-corrected chi connectivity index (χ4v) is 3.83. The largest absolute Gasteiger partial charge is 0.293 e. The molecule has 0 spiro atoms. The number of benzene rings is 3. The van der Waals surface area contributed by atoms with Crippen LogP contribution in [0.1, 0.15) is 32.7 Å². The van der Waals surface area contributed by atoms with E-state index in [0.29, 0.717) is 17.5 Å². The van der Waals surface area contributed by atoms with E-state index in [1.807, 2.05) is 85.0 Å². The minimum atomic E-state index is -1.28. The van der Waals surface area contributed by atoms with Gasteiger partial charge in [0.1, 0.15) is 5.41 Å². The molecule has 0 unspecified atom stereocenters. The van der Waals surface area contributed by atoms with Crippen LogP contribution in [0.5, 0.6) is 0 Å². The molecule has 0 saturated carbocycles. The van der Waals surface area contributed by atoms with E-state index in [9.17, 15) is 9.59 Å². The molecular weight excluding hydrogens is 344 g/mol. The SMILES string of the molecule is O=C(c1ccccc1)C1(C(=O)c2ccccc2)CC=CC=C1c1ccccc1. The minimum absolute atomic E-state index is 0.165. The summed E-state index contributed by atoms with van der Waals surface area (Å²) in [5.41, 5.74) is 1.45. The predicted octanol–water partition coefficient (Wildman–Crippen LogP) is 5.78. The number of ketones is 2. The molecule has 1 aliphatic rings. The molecule has 3 aromatic carbocycles. The standard InChI is InChI=1S/C26H20O2/c27-24(21-14-6-2-7-15-21)26(25(28)22-16-8-3-9-17-22)19-11-10-18-23(26)20-12-4-1-5-13-20/h1-18H,19H2. The smallest absolute Gasteiger partial charge is 0.181 e. The molecule has 4 rings (SSSR count). The van der Waals surface area contributed by atoms with Crippen molar-refractivity contribution in [1.29, 1.82) is 0 Å². The van der Waals surface area contributed by atoms with E-state index < -0.39 is 5.41 Å². The van der Waals surface area contributed by atoms with Gasteiger partial charge in [-0.05, 0) is 17.6 Å². The van der Waals surface area contributed by atoms with Gasteiger partial charge < -0.3 is 0 Å². The van der Waals surface area contributed by atoms with E-state index in [4.69, 9.17) is 0 Å². The molecule has 0 aromatic heterocycles. The van der Waals surface area contributed by atoms with Gasteiger partial charge in [-0.3, -0.25) is 9.59 Å². The second-order valence-electron chi connectivity index (χ2n) is 6.87. The minimum Gasteiger partial charge on any atom is -0.293 e. The zero-order valence-electron chi connectivity index (χ0n) is 15.4. The lowest BCUT2D eigenvalue weighted by atomic mass is 9.63. The Hall–Kier alpha value is -3.52. The Morgan fingerprint density at radius 2 is 1.11 bits per heavy atom. The summed E-state index contributed by atoms with van der Waals surface area (Å²) in [4.78, 5) is 27.6. The molecule has 1 aliphatic carbocycles. The molecule has 0 amide bonds. The van der Waals surface area contributed by atoms with Crippen LogP contribution >= 0.6 is 0 Å². The van der Waals surface area contributed by atoms with Gasteiger partial charge in [-0.1, -0.05) is 109 Å². The first-order chi connectivity index (χ1) is 13.7. The average Bonchev–Trinajstić information content (AvgIpc) is 2.79. The van der Waals surface area contributed by atoms with Crippen LogP contribution in [0.25, 0.3) is 5.57 Å². The molecule has 0 bridgehead atoms. The Labute approximate surface area is 164 Å². The van der Waals surface area contributed by atoms with E-state index >= 15 is 0 Å². The van der Waals surface area contributed by atoms with Crippen LogP contribution in [-0.4, -0.2) is 11.6 Å². The lowest BCUT2D eigenvalue weighted by Gasteiger charge is -2.35. The normalized spacial score (nSPS) is 14.9. The van der Waals surface area contributed by atoms with Crippen molar-refractivity contribution in [3.8, 4) is 0 Å². The number of carbonyl (C=O) groups excluding carboxylic acids is 2. The van der Waals surface area contributed by atoms with Crippen molar-refractivity contribution < 1.29 is 9.59 Å². The Kier molecular flexibility index (Phi) is 4.86. The maximum Gasteiger partial charge on any atom is 0.181 e. The highest BCUT2D eigenvalue weighted by atomic mass is 16.2. The van der Waals surface area contributed by atoms with Crippen LogP contribution in [0.2, 0.25) is 0 Å². The molecule has 0 atom stereocenters. The van der Waals surface area contributed by atoms with E-state index in [1.165, 1.54) is 0 Å². The molecule has 136 valence electrons. The van der Waals surface area contributed by atoms with Crippen LogP contribution in [-0.2, 0) is 0 Å². The number of carbonyl (C=O) groups is 2. The second-order valence-corrected chi connectivity index (χ2v) is 6.87. The number of allylic oxidation sites excluding steroid dienone is 4. The first-order valence-electron chi connectivity index (χ1n) is 9.36. The van der Waals surface area contributed by atoms with Crippen molar-refractivity contribution >= 4 is 17.1 Å². The quantitative estimate of drug-likeness (QED) is 0.425. The summed E-state index contributed by atoms with van der Waals surface area (Å²) < 4.78 is 0. The zero-order chi connectivity index (χ0) is 19.4. The lowest BCUT2D eigenvalue weighted by molar-refractivity contribution is 0.0739. The fourth-order valence-electron chi connectivity index (χ4n) is 3.83. The molecular formula is C26H20O2. The average molecular weight is 364 g/mol. The Bertz CT molecular complexity index is 994. The van der Waals surface area contributed by atoms with Crippen LogP contribution < -0.4 is 0 Å². The van der Waals surface area contributed by atoms with Gasteiger partial charge in [0.25, 0.3) is 0 Å². The summed E-state index contributed by atoms with van der Waals surface area (Å²) in [7, 11) is 0. The van der Waals surface area contributed by atoms with Gasteiger partial charge in [-0.2, -0.15) is 0 Å². The topological polar surface area (TPSA) is 34.1 Å². The van der Waals surface area contributed by atoms with E-state index in [2.05, 4.69) is 0 Å². The monoisotopic (exact) mass is 364 g/mol.